The van der Waals surface area contributed by atoms with Crippen LogP contribution in [-0.4, -0.2) is 37.5 Å². The summed E-state index contributed by atoms with van der Waals surface area (Å²) in [7, 11) is 1.66. The van der Waals surface area contributed by atoms with Gasteiger partial charge in [-0.2, -0.15) is 0 Å². The van der Waals surface area contributed by atoms with Crippen molar-refractivity contribution in [2.24, 2.45) is 10.9 Å². The van der Waals surface area contributed by atoms with Crippen molar-refractivity contribution in [3.63, 3.8) is 0 Å². The first kappa shape index (κ1) is 16.1. The van der Waals surface area contributed by atoms with Gasteiger partial charge < -0.3 is 25.2 Å². The van der Waals surface area contributed by atoms with Crippen LogP contribution in [0.2, 0.25) is 0 Å². The number of benzene rings is 1. The van der Waals surface area contributed by atoms with Gasteiger partial charge in [0.25, 0.3) is 0 Å². The van der Waals surface area contributed by atoms with Gasteiger partial charge >= 0.3 is 0 Å². The minimum Gasteiger partial charge on any atom is -0.490 e. The molecule has 0 aromatic heterocycles. The zero-order valence-electron chi connectivity index (χ0n) is 12.1. The van der Waals surface area contributed by atoms with E-state index < -0.39 is 0 Å². The van der Waals surface area contributed by atoms with E-state index in [1.165, 1.54) is 0 Å². The molecule has 20 heavy (non-hydrogen) atoms. The quantitative estimate of drug-likeness (QED) is 0.329. The number of nitrogens with two attached hydrogens (primary N) is 1. The summed E-state index contributed by atoms with van der Waals surface area (Å²) in [5.74, 6) is 1.23. The normalized spacial score (nSPS) is 13.1. The van der Waals surface area contributed by atoms with Gasteiger partial charge in [0.05, 0.1) is 12.7 Å². The van der Waals surface area contributed by atoms with E-state index in [1.807, 2.05) is 13.8 Å². The molecule has 0 radical (unpaired) electrons. The second-order valence-corrected chi connectivity index (χ2v) is 4.29. The third kappa shape index (κ3) is 4.62. The lowest BCUT2D eigenvalue weighted by molar-refractivity contribution is 0.132. The maximum absolute atomic E-state index is 8.70. The van der Waals surface area contributed by atoms with Crippen LogP contribution in [0.25, 0.3) is 0 Å². The van der Waals surface area contributed by atoms with Gasteiger partial charge in [0, 0.05) is 25.7 Å². The summed E-state index contributed by atoms with van der Waals surface area (Å²) in [5.41, 5.74) is 6.14. The number of rotatable bonds is 8. The van der Waals surface area contributed by atoms with Crippen molar-refractivity contribution in [1.82, 2.24) is 0 Å². The van der Waals surface area contributed by atoms with Gasteiger partial charge in [0.15, 0.2) is 17.3 Å². The van der Waals surface area contributed by atoms with Crippen LogP contribution in [0.15, 0.2) is 23.4 Å². The topological polar surface area (TPSA) is 86.3 Å². The maximum Gasteiger partial charge on any atom is 0.170 e. The fourth-order valence-electron chi connectivity index (χ4n) is 1.65. The van der Waals surface area contributed by atoms with Crippen molar-refractivity contribution in [1.29, 1.82) is 0 Å². The number of nitrogens with zero attached hydrogens (tertiary/aromatic N) is 1. The average Bonchev–Trinajstić information content (AvgIpc) is 2.46. The van der Waals surface area contributed by atoms with Gasteiger partial charge in [-0.05, 0) is 32.0 Å². The van der Waals surface area contributed by atoms with E-state index in [4.69, 9.17) is 25.2 Å². The summed E-state index contributed by atoms with van der Waals surface area (Å²) in [5, 5.41) is 11.7. The van der Waals surface area contributed by atoms with Crippen LogP contribution >= 0.6 is 0 Å². The van der Waals surface area contributed by atoms with Crippen LogP contribution in [0.3, 0.4) is 0 Å². The first-order chi connectivity index (χ1) is 9.62. The van der Waals surface area contributed by atoms with Gasteiger partial charge in [-0.15, -0.1) is 0 Å². The van der Waals surface area contributed by atoms with Crippen LogP contribution in [0.5, 0.6) is 11.5 Å². The van der Waals surface area contributed by atoms with Gasteiger partial charge in [-0.3, -0.25) is 0 Å². The number of oxime groups is 1. The standard InChI is InChI=1S/C14H22N2O4/c1-4-19-13-9-11(14(15)16-17)5-6-12(13)20-10(2)7-8-18-3/h5-6,9-10,17H,4,7-8H2,1-3H3,(H2,15,16). The van der Waals surface area contributed by atoms with Crippen molar-refractivity contribution in [3.8, 4) is 11.5 Å². The molecular weight excluding hydrogens is 260 g/mol. The molecule has 1 atom stereocenters. The van der Waals surface area contributed by atoms with Crippen molar-refractivity contribution in [2.45, 2.75) is 26.4 Å². The lowest BCUT2D eigenvalue weighted by Crippen LogP contribution is -2.16. The Morgan fingerprint density at radius 2 is 2.15 bits per heavy atom. The number of methoxy groups -OCH3 is 1. The molecule has 0 saturated carbocycles. The second kappa shape index (κ2) is 8.27. The lowest BCUT2D eigenvalue weighted by atomic mass is 10.2. The van der Waals surface area contributed by atoms with Crippen LogP contribution < -0.4 is 15.2 Å². The molecule has 1 rings (SSSR count). The highest BCUT2D eigenvalue weighted by Gasteiger charge is 2.12. The van der Waals surface area contributed by atoms with Crippen LogP contribution in [0.4, 0.5) is 0 Å². The molecule has 1 aromatic carbocycles. The maximum atomic E-state index is 8.70. The van der Waals surface area contributed by atoms with Crippen molar-refractivity contribution < 1.29 is 19.4 Å². The van der Waals surface area contributed by atoms with E-state index >= 15 is 0 Å². The molecule has 0 amide bonds. The Morgan fingerprint density at radius 3 is 2.75 bits per heavy atom. The molecule has 6 heteroatoms. The molecule has 0 fully saturated rings. The molecule has 0 aliphatic heterocycles. The smallest absolute Gasteiger partial charge is 0.170 e. The molecule has 1 aromatic rings. The number of amidine groups is 1. The highest BCUT2D eigenvalue weighted by Crippen LogP contribution is 2.29. The zero-order chi connectivity index (χ0) is 15.0. The molecule has 112 valence electrons. The zero-order valence-corrected chi connectivity index (χ0v) is 12.1. The van der Waals surface area contributed by atoms with Crippen molar-refractivity contribution >= 4 is 5.84 Å². The molecule has 0 saturated heterocycles. The average molecular weight is 282 g/mol. The van der Waals surface area contributed by atoms with Crippen LogP contribution in [0, 0.1) is 0 Å². The van der Waals surface area contributed by atoms with Gasteiger partial charge in [0.1, 0.15) is 0 Å². The Labute approximate surface area is 119 Å². The molecule has 3 N–H and O–H groups in total. The molecular formula is C14H22N2O4. The third-order valence-electron chi connectivity index (χ3n) is 2.70. The minimum atomic E-state index is 0.00358. The first-order valence-electron chi connectivity index (χ1n) is 6.52. The molecule has 0 bridgehead atoms. The highest BCUT2D eigenvalue weighted by molar-refractivity contribution is 5.97. The van der Waals surface area contributed by atoms with E-state index in [0.29, 0.717) is 30.3 Å². The van der Waals surface area contributed by atoms with Crippen molar-refractivity contribution in [2.75, 3.05) is 20.3 Å². The van der Waals surface area contributed by atoms with E-state index in [-0.39, 0.29) is 11.9 Å². The van der Waals surface area contributed by atoms with Crippen LogP contribution in [0.1, 0.15) is 25.8 Å². The SMILES string of the molecule is CCOc1cc(/C(N)=N/O)ccc1OC(C)CCOC. The Kier molecular flexibility index (Phi) is 6.66. The van der Waals surface area contributed by atoms with E-state index in [0.717, 1.165) is 6.42 Å². The summed E-state index contributed by atoms with van der Waals surface area (Å²) < 4.78 is 16.4. The Balaban J connectivity index is 2.89. The van der Waals surface area contributed by atoms with E-state index in [2.05, 4.69) is 5.16 Å². The predicted octanol–water partition coefficient (Wildman–Crippen LogP) is 1.98. The van der Waals surface area contributed by atoms with E-state index in [9.17, 15) is 0 Å². The summed E-state index contributed by atoms with van der Waals surface area (Å²) in [6, 6.07) is 5.16. The third-order valence-corrected chi connectivity index (χ3v) is 2.70. The highest BCUT2D eigenvalue weighted by atomic mass is 16.5. The largest absolute Gasteiger partial charge is 0.490 e. The minimum absolute atomic E-state index is 0.00358. The molecule has 0 heterocycles. The molecule has 0 aliphatic rings. The fourth-order valence-corrected chi connectivity index (χ4v) is 1.65. The lowest BCUT2D eigenvalue weighted by Gasteiger charge is -2.17. The summed E-state index contributed by atoms with van der Waals surface area (Å²) in [6.45, 7) is 4.98. The number of hydrogen-bond donors (Lipinski definition) is 2. The molecule has 1 unspecified atom stereocenters. The predicted molar refractivity (Wildman–Crippen MR) is 76.7 cm³/mol. The van der Waals surface area contributed by atoms with Gasteiger partial charge in [0.2, 0.25) is 0 Å². The monoisotopic (exact) mass is 282 g/mol. The summed E-state index contributed by atoms with van der Waals surface area (Å²) >= 11 is 0. The number of ether oxygens (including phenoxy) is 3. The van der Waals surface area contributed by atoms with E-state index in [1.54, 1.807) is 25.3 Å². The summed E-state index contributed by atoms with van der Waals surface area (Å²) in [4.78, 5) is 0. The van der Waals surface area contributed by atoms with Crippen LogP contribution in [-0.2, 0) is 4.74 Å². The molecule has 6 nitrogen and oxygen atoms in total. The second-order valence-electron chi connectivity index (χ2n) is 4.29. The Bertz CT molecular complexity index is 449. The molecule has 0 spiro atoms. The first-order valence-corrected chi connectivity index (χ1v) is 6.52. The fraction of sp³-hybridized carbons (Fsp3) is 0.500. The van der Waals surface area contributed by atoms with Gasteiger partial charge in [-0.25, -0.2) is 0 Å². The number of hydrogen-bond acceptors (Lipinski definition) is 5. The Hall–Kier alpha value is -1.95. The van der Waals surface area contributed by atoms with Crippen molar-refractivity contribution in [3.05, 3.63) is 23.8 Å². The molecule has 0 aliphatic carbocycles. The summed E-state index contributed by atoms with van der Waals surface area (Å²) in [6.07, 6.45) is 0.785. The van der Waals surface area contributed by atoms with Gasteiger partial charge in [-0.1, -0.05) is 5.16 Å². The Morgan fingerprint density at radius 1 is 1.40 bits per heavy atom.